The van der Waals surface area contributed by atoms with Gasteiger partial charge in [0.1, 0.15) is 0 Å². The number of fused-ring (bicyclic) bond motifs is 1. The molecule has 3 aromatic rings. The van der Waals surface area contributed by atoms with Crippen molar-refractivity contribution in [2.75, 3.05) is 0 Å². The number of nitrogens with zero attached hydrogens (tertiary/aromatic N) is 3. The quantitative estimate of drug-likeness (QED) is 0.805. The third kappa shape index (κ3) is 2.79. The predicted octanol–water partition coefficient (Wildman–Crippen LogP) is 2.18. The molecule has 0 bridgehead atoms. The number of aromatic nitrogens is 3. The highest BCUT2D eigenvalue weighted by atomic mass is 35.5. The van der Waals surface area contributed by atoms with E-state index in [9.17, 15) is 9.90 Å². The van der Waals surface area contributed by atoms with E-state index in [1.165, 1.54) is 10.9 Å². The maximum Gasteiger partial charge on any atom is 0.276 e. The molecule has 21 heavy (non-hydrogen) atoms. The van der Waals surface area contributed by atoms with Gasteiger partial charge in [0, 0.05) is 11.2 Å². The standard InChI is InChI=1S/C15H12ClN3O2/c16-11-5-3-10(4-6-11)14(20)9-19-15(21)12-2-1-7-17-13(12)8-18-19/h1-8,14,20H,9H2. The van der Waals surface area contributed by atoms with Gasteiger partial charge in [-0.15, -0.1) is 0 Å². The van der Waals surface area contributed by atoms with Crippen LogP contribution in [0.15, 0.2) is 53.6 Å². The van der Waals surface area contributed by atoms with E-state index in [0.29, 0.717) is 21.5 Å². The van der Waals surface area contributed by atoms with Gasteiger partial charge in [0.2, 0.25) is 0 Å². The first-order valence-corrected chi connectivity index (χ1v) is 6.77. The second-order valence-electron chi connectivity index (χ2n) is 4.64. The molecule has 2 heterocycles. The minimum atomic E-state index is -0.832. The van der Waals surface area contributed by atoms with Crippen LogP contribution < -0.4 is 5.56 Å². The van der Waals surface area contributed by atoms with E-state index >= 15 is 0 Å². The summed E-state index contributed by atoms with van der Waals surface area (Å²) in [7, 11) is 0. The molecular formula is C15H12ClN3O2. The van der Waals surface area contributed by atoms with Gasteiger partial charge in [0.05, 0.1) is 29.7 Å². The summed E-state index contributed by atoms with van der Waals surface area (Å²) in [4.78, 5) is 16.4. The molecule has 0 amide bonds. The molecule has 0 radical (unpaired) electrons. The van der Waals surface area contributed by atoms with Gasteiger partial charge in [-0.1, -0.05) is 23.7 Å². The summed E-state index contributed by atoms with van der Waals surface area (Å²) in [5.74, 6) is 0. The Balaban J connectivity index is 1.93. The fourth-order valence-electron chi connectivity index (χ4n) is 2.10. The number of benzene rings is 1. The molecule has 1 N–H and O–H groups in total. The fraction of sp³-hybridized carbons (Fsp3) is 0.133. The zero-order chi connectivity index (χ0) is 14.8. The second kappa shape index (κ2) is 5.63. The van der Waals surface area contributed by atoms with E-state index in [4.69, 9.17) is 11.6 Å². The Morgan fingerprint density at radius 1 is 1.24 bits per heavy atom. The zero-order valence-electron chi connectivity index (χ0n) is 11.0. The van der Waals surface area contributed by atoms with Crippen LogP contribution in [-0.2, 0) is 6.54 Å². The predicted molar refractivity (Wildman–Crippen MR) is 80.2 cm³/mol. The Morgan fingerprint density at radius 3 is 2.76 bits per heavy atom. The van der Waals surface area contributed by atoms with Gasteiger partial charge >= 0.3 is 0 Å². The summed E-state index contributed by atoms with van der Waals surface area (Å²) in [6.45, 7) is 0.0747. The van der Waals surface area contributed by atoms with Gasteiger partial charge in [-0.2, -0.15) is 5.10 Å². The minimum Gasteiger partial charge on any atom is -0.386 e. The van der Waals surface area contributed by atoms with E-state index in [1.54, 1.807) is 42.6 Å². The highest BCUT2D eigenvalue weighted by Gasteiger charge is 2.11. The van der Waals surface area contributed by atoms with Crippen molar-refractivity contribution in [2.24, 2.45) is 0 Å². The van der Waals surface area contributed by atoms with Gasteiger partial charge in [0.15, 0.2) is 0 Å². The molecule has 0 aliphatic carbocycles. The molecule has 0 fully saturated rings. The van der Waals surface area contributed by atoms with Crippen molar-refractivity contribution in [1.82, 2.24) is 14.8 Å². The van der Waals surface area contributed by atoms with Crippen molar-refractivity contribution < 1.29 is 5.11 Å². The van der Waals surface area contributed by atoms with E-state index in [-0.39, 0.29) is 12.1 Å². The van der Waals surface area contributed by atoms with Gasteiger partial charge in [-0.25, -0.2) is 4.68 Å². The zero-order valence-corrected chi connectivity index (χ0v) is 11.7. The first-order valence-electron chi connectivity index (χ1n) is 6.39. The molecule has 0 aliphatic heterocycles. The van der Waals surface area contributed by atoms with Crippen LogP contribution in [0, 0.1) is 0 Å². The largest absolute Gasteiger partial charge is 0.386 e. The lowest BCUT2D eigenvalue weighted by molar-refractivity contribution is 0.149. The number of aliphatic hydroxyl groups excluding tert-OH is 1. The molecule has 3 rings (SSSR count). The average molecular weight is 302 g/mol. The number of hydrogen-bond donors (Lipinski definition) is 1. The Bertz CT molecular complexity index is 830. The highest BCUT2D eigenvalue weighted by molar-refractivity contribution is 6.30. The summed E-state index contributed by atoms with van der Waals surface area (Å²) < 4.78 is 1.24. The molecule has 106 valence electrons. The topological polar surface area (TPSA) is 68.0 Å². The Labute approximate surface area is 125 Å². The lowest BCUT2D eigenvalue weighted by Gasteiger charge is -2.12. The number of rotatable bonds is 3. The van der Waals surface area contributed by atoms with Crippen LogP contribution in [0.25, 0.3) is 10.9 Å². The molecule has 1 unspecified atom stereocenters. The monoisotopic (exact) mass is 301 g/mol. The SMILES string of the molecule is O=c1c2cccnc2cnn1CC(O)c1ccc(Cl)cc1. The molecule has 0 spiro atoms. The Hall–Kier alpha value is -2.24. The van der Waals surface area contributed by atoms with Crippen LogP contribution >= 0.6 is 11.6 Å². The fourth-order valence-corrected chi connectivity index (χ4v) is 2.23. The van der Waals surface area contributed by atoms with E-state index in [0.717, 1.165) is 0 Å². The van der Waals surface area contributed by atoms with E-state index in [1.807, 2.05) is 0 Å². The number of halogens is 1. The first kappa shape index (κ1) is 13.7. The van der Waals surface area contributed by atoms with Crippen molar-refractivity contribution >= 4 is 22.5 Å². The maximum atomic E-state index is 12.3. The van der Waals surface area contributed by atoms with Gasteiger partial charge in [-0.05, 0) is 29.8 Å². The average Bonchev–Trinajstić information content (AvgIpc) is 2.51. The summed E-state index contributed by atoms with van der Waals surface area (Å²) in [6, 6.07) is 10.2. The number of aliphatic hydroxyl groups is 1. The smallest absolute Gasteiger partial charge is 0.276 e. The van der Waals surface area contributed by atoms with Crippen LogP contribution in [0.5, 0.6) is 0 Å². The Kier molecular flexibility index (Phi) is 3.68. The van der Waals surface area contributed by atoms with Gasteiger partial charge in [0.25, 0.3) is 5.56 Å². The lowest BCUT2D eigenvalue weighted by atomic mass is 10.1. The molecule has 0 aliphatic rings. The number of hydrogen-bond acceptors (Lipinski definition) is 4. The van der Waals surface area contributed by atoms with Crippen LogP contribution in [0.3, 0.4) is 0 Å². The second-order valence-corrected chi connectivity index (χ2v) is 5.07. The van der Waals surface area contributed by atoms with Crippen molar-refractivity contribution in [3.8, 4) is 0 Å². The molecule has 5 nitrogen and oxygen atoms in total. The van der Waals surface area contributed by atoms with Crippen molar-refractivity contribution in [3.05, 3.63) is 69.7 Å². The van der Waals surface area contributed by atoms with Crippen LogP contribution in [0.2, 0.25) is 5.02 Å². The van der Waals surface area contributed by atoms with Crippen molar-refractivity contribution in [1.29, 1.82) is 0 Å². The number of pyridine rings is 1. The summed E-state index contributed by atoms with van der Waals surface area (Å²) in [5, 5.41) is 15.3. The molecule has 1 atom stereocenters. The first-order chi connectivity index (χ1) is 10.1. The van der Waals surface area contributed by atoms with E-state index in [2.05, 4.69) is 10.1 Å². The normalized spacial score (nSPS) is 12.5. The van der Waals surface area contributed by atoms with Crippen molar-refractivity contribution in [3.63, 3.8) is 0 Å². The summed E-state index contributed by atoms with van der Waals surface area (Å²) in [6.07, 6.45) is 2.29. The molecule has 6 heteroatoms. The van der Waals surface area contributed by atoms with Crippen LogP contribution in [0.1, 0.15) is 11.7 Å². The summed E-state index contributed by atoms with van der Waals surface area (Å²) in [5.41, 5.74) is 0.952. The molecule has 0 saturated heterocycles. The molecule has 2 aromatic heterocycles. The van der Waals surface area contributed by atoms with E-state index < -0.39 is 6.10 Å². The Morgan fingerprint density at radius 2 is 2.00 bits per heavy atom. The highest BCUT2D eigenvalue weighted by Crippen LogP contribution is 2.17. The minimum absolute atomic E-state index is 0.0747. The third-order valence-corrected chi connectivity index (χ3v) is 3.48. The maximum absolute atomic E-state index is 12.3. The van der Waals surface area contributed by atoms with Crippen LogP contribution in [-0.4, -0.2) is 19.9 Å². The van der Waals surface area contributed by atoms with Gasteiger partial charge in [-0.3, -0.25) is 9.78 Å². The molecule has 0 saturated carbocycles. The molecule has 1 aromatic carbocycles. The van der Waals surface area contributed by atoms with Crippen molar-refractivity contribution in [2.45, 2.75) is 12.6 Å². The van der Waals surface area contributed by atoms with Gasteiger partial charge < -0.3 is 5.11 Å². The lowest BCUT2D eigenvalue weighted by Crippen LogP contribution is -2.25. The van der Waals surface area contributed by atoms with Crippen LogP contribution in [0.4, 0.5) is 0 Å². The third-order valence-electron chi connectivity index (χ3n) is 3.22. The molecular weight excluding hydrogens is 290 g/mol. The summed E-state index contributed by atoms with van der Waals surface area (Å²) >= 11 is 5.81.